The molecule has 0 aliphatic carbocycles. The van der Waals surface area contributed by atoms with E-state index in [2.05, 4.69) is 25.8 Å². The third-order valence-electron chi connectivity index (χ3n) is 3.27. The highest BCUT2D eigenvalue weighted by Crippen LogP contribution is 2.31. The Morgan fingerprint density at radius 2 is 2.17 bits per heavy atom. The molecule has 0 bridgehead atoms. The number of piperidine rings is 1. The van der Waals surface area contributed by atoms with E-state index < -0.39 is 0 Å². The number of likely N-dealkylation sites (tertiary alicyclic amines) is 1. The van der Waals surface area contributed by atoms with E-state index in [1.807, 2.05) is 0 Å². The van der Waals surface area contributed by atoms with Gasteiger partial charge in [-0.05, 0) is 59.2 Å². The summed E-state index contributed by atoms with van der Waals surface area (Å²) in [4.78, 5) is 2.46. The molecule has 1 aliphatic heterocycles. The molecule has 0 radical (unpaired) electrons. The van der Waals surface area contributed by atoms with Crippen LogP contribution in [0.4, 0.5) is 0 Å². The highest BCUT2D eigenvalue weighted by Gasteiger charge is 2.31. The number of hydrogen-bond donors (Lipinski definition) is 1. The topological polar surface area (TPSA) is 29.3 Å². The van der Waals surface area contributed by atoms with E-state index in [1.54, 1.807) is 0 Å². The molecule has 2 N–H and O–H groups in total. The summed E-state index contributed by atoms with van der Waals surface area (Å²) < 4.78 is 0. The second-order valence-corrected chi connectivity index (χ2v) is 4.67. The van der Waals surface area contributed by atoms with Crippen molar-refractivity contribution in [3.63, 3.8) is 0 Å². The van der Waals surface area contributed by atoms with Crippen LogP contribution in [0.2, 0.25) is 0 Å². The second kappa shape index (κ2) is 3.75. The van der Waals surface area contributed by atoms with E-state index in [1.165, 1.54) is 25.8 Å². The average Bonchev–Trinajstić information content (AvgIpc) is 1.97. The highest BCUT2D eigenvalue weighted by atomic mass is 15.2. The number of rotatable bonds is 2. The lowest BCUT2D eigenvalue weighted by Gasteiger charge is -2.43. The molecule has 1 aliphatic rings. The Hall–Kier alpha value is -0.0800. The van der Waals surface area contributed by atoms with Gasteiger partial charge in [-0.15, -0.1) is 0 Å². The first-order valence-corrected chi connectivity index (χ1v) is 4.97. The molecular formula is C10H22N2. The maximum absolute atomic E-state index is 5.57. The van der Waals surface area contributed by atoms with Gasteiger partial charge in [-0.2, -0.15) is 0 Å². The number of hydrogen-bond acceptors (Lipinski definition) is 2. The van der Waals surface area contributed by atoms with Gasteiger partial charge in [0.15, 0.2) is 0 Å². The fourth-order valence-corrected chi connectivity index (χ4v) is 2.13. The molecule has 1 heterocycles. The van der Waals surface area contributed by atoms with Crippen molar-refractivity contribution in [1.29, 1.82) is 0 Å². The van der Waals surface area contributed by atoms with Gasteiger partial charge >= 0.3 is 0 Å². The molecule has 0 aromatic rings. The van der Waals surface area contributed by atoms with Gasteiger partial charge in [0.2, 0.25) is 0 Å². The van der Waals surface area contributed by atoms with Crippen LogP contribution in [0.1, 0.15) is 33.1 Å². The summed E-state index contributed by atoms with van der Waals surface area (Å²) in [5.74, 6) is 0.862. The Morgan fingerprint density at radius 1 is 1.50 bits per heavy atom. The van der Waals surface area contributed by atoms with E-state index in [9.17, 15) is 0 Å². The smallest absolute Gasteiger partial charge is 0.0152 e. The molecule has 1 fully saturated rings. The first kappa shape index (κ1) is 10.0. The predicted octanol–water partition coefficient (Wildman–Crippen LogP) is 1.46. The number of nitrogens with zero attached hydrogens (tertiary/aromatic N) is 1. The van der Waals surface area contributed by atoms with Crippen molar-refractivity contribution in [1.82, 2.24) is 4.90 Å². The molecule has 2 nitrogen and oxygen atoms in total. The fourth-order valence-electron chi connectivity index (χ4n) is 2.13. The van der Waals surface area contributed by atoms with Crippen molar-refractivity contribution in [2.75, 3.05) is 20.1 Å². The van der Waals surface area contributed by atoms with Gasteiger partial charge < -0.3 is 10.6 Å². The van der Waals surface area contributed by atoms with E-state index in [0.29, 0.717) is 5.54 Å². The average molecular weight is 170 g/mol. The molecule has 1 unspecified atom stereocenters. The third kappa shape index (κ3) is 2.20. The largest absolute Gasteiger partial charge is 0.330 e. The lowest BCUT2D eigenvalue weighted by molar-refractivity contribution is 0.0701. The Labute approximate surface area is 76.1 Å². The van der Waals surface area contributed by atoms with Crippen LogP contribution in [0.5, 0.6) is 0 Å². The molecule has 0 aromatic carbocycles. The molecule has 1 saturated heterocycles. The van der Waals surface area contributed by atoms with Gasteiger partial charge in [0.25, 0.3) is 0 Å². The Balaban J connectivity index is 2.45. The standard InChI is InChI=1S/C10H22N2/c1-10(2)8-9(4-6-11)5-7-12(10)3/h9H,4-8,11H2,1-3H3. The lowest BCUT2D eigenvalue weighted by atomic mass is 9.81. The normalized spacial score (nSPS) is 30.5. The van der Waals surface area contributed by atoms with Gasteiger partial charge in [-0.3, -0.25) is 0 Å². The van der Waals surface area contributed by atoms with Crippen molar-refractivity contribution in [3.05, 3.63) is 0 Å². The SMILES string of the molecule is CN1CCC(CCN)CC1(C)C. The summed E-state index contributed by atoms with van der Waals surface area (Å²) in [6, 6.07) is 0. The minimum atomic E-state index is 0.387. The summed E-state index contributed by atoms with van der Waals surface area (Å²) in [6.07, 6.45) is 3.84. The first-order valence-electron chi connectivity index (χ1n) is 4.97. The third-order valence-corrected chi connectivity index (χ3v) is 3.27. The summed E-state index contributed by atoms with van der Waals surface area (Å²) in [5, 5.41) is 0. The van der Waals surface area contributed by atoms with Gasteiger partial charge in [-0.1, -0.05) is 0 Å². The maximum atomic E-state index is 5.57. The van der Waals surface area contributed by atoms with Crippen LogP contribution in [0.15, 0.2) is 0 Å². The van der Waals surface area contributed by atoms with E-state index in [0.717, 1.165) is 12.5 Å². The van der Waals surface area contributed by atoms with Gasteiger partial charge in [-0.25, -0.2) is 0 Å². The summed E-state index contributed by atoms with van der Waals surface area (Å²) in [5.41, 5.74) is 5.96. The van der Waals surface area contributed by atoms with Crippen molar-refractivity contribution >= 4 is 0 Å². The molecule has 0 amide bonds. The second-order valence-electron chi connectivity index (χ2n) is 4.67. The highest BCUT2D eigenvalue weighted by molar-refractivity contribution is 4.87. The zero-order chi connectivity index (χ0) is 9.19. The molecule has 0 aromatic heterocycles. The van der Waals surface area contributed by atoms with E-state index >= 15 is 0 Å². The quantitative estimate of drug-likeness (QED) is 0.680. The maximum Gasteiger partial charge on any atom is 0.0152 e. The van der Waals surface area contributed by atoms with Crippen LogP contribution >= 0.6 is 0 Å². The Kier molecular flexibility index (Phi) is 3.13. The van der Waals surface area contributed by atoms with Crippen LogP contribution in [0, 0.1) is 5.92 Å². The number of nitrogens with two attached hydrogens (primary N) is 1. The van der Waals surface area contributed by atoms with Crippen molar-refractivity contribution < 1.29 is 0 Å². The molecule has 1 rings (SSSR count). The zero-order valence-electron chi connectivity index (χ0n) is 8.64. The van der Waals surface area contributed by atoms with Crippen LogP contribution in [-0.2, 0) is 0 Å². The van der Waals surface area contributed by atoms with Crippen molar-refractivity contribution in [2.24, 2.45) is 11.7 Å². The Morgan fingerprint density at radius 3 is 2.67 bits per heavy atom. The van der Waals surface area contributed by atoms with Gasteiger partial charge in [0.05, 0.1) is 0 Å². The molecule has 1 atom stereocenters. The van der Waals surface area contributed by atoms with Crippen LogP contribution in [0.3, 0.4) is 0 Å². The van der Waals surface area contributed by atoms with E-state index in [4.69, 9.17) is 5.73 Å². The molecule has 0 spiro atoms. The molecule has 2 heteroatoms. The first-order chi connectivity index (χ1) is 5.56. The molecular weight excluding hydrogens is 148 g/mol. The minimum Gasteiger partial charge on any atom is -0.330 e. The monoisotopic (exact) mass is 170 g/mol. The van der Waals surface area contributed by atoms with Crippen LogP contribution < -0.4 is 5.73 Å². The lowest BCUT2D eigenvalue weighted by Crippen LogP contribution is -2.47. The molecule has 0 saturated carbocycles. The van der Waals surface area contributed by atoms with Crippen LogP contribution in [0.25, 0.3) is 0 Å². The zero-order valence-corrected chi connectivity index (χ0v) is 8.64. The Bertz CT molecular complexity index is 143. The van der Waals surface area contributed by atoms with Crippen molar-refractivity contribution in [3.8, 4) is 0 Å². The minimum absolute atomic E-state index is 0.387. The molecule has 12 heavy (non-hydrogen) atoms. The predicted molar refractivity (Wildman–Crippen MR) is 53.1 cm³/mol. The summed E-state index contributed by atoms with van der Waals surface area (Å²) in [7, 11) is 2.22. The van der Waals surface area contributed by atoms with E-state index in [-0.39, 0.29) is 0 Å². The van der Waals surface area contributed by atoms with Gasteiger partial charge in [0, 0.05) is 5.54 Å². The van der Waals surface area contributed by atoms with Crippen molar-refractivity contribution in [2.45, 2.75) is 38.6 Å². The molecule has 72 valence electrons. The summed E-state index contributed by atoms with van der Waals surface area (Å²) in [6.45, 7) is 6.74. The summed E-state index contributed by atoms with van der Waals surface area (Å²) >= 11 is 0. The van der Waals surface area contributed by atoms with Crippen LogP contribution in [-0.4, -0.2) is 30.6 Å². The fraction of sp³-hybridized carbons (Fsp3) is 1.00. The van der Waals surface area contributed by atoms with Gasteiger partial charge in [0.1, 0.15) is 0 Å².